The Balaban J connectivity index is 2.04. The van der Waals surface area contributed by atoms with Crippen molar-refractivity contribution in [2.75, 3.05) is 0 Å². The van der Waals surface area contributed by atoms with Crippen LogP contribution >= 0.6 is 0 Å². The number of rotatable bonds is 6. The Morgan fingerprint density at radius 2 is 1.90 bits per heavy atom. The fourth-order valence-electron chi connectivity index (χ4n) is 2.22. The molecule has 2 rings (SSSR count). The molecular weight excluding hydrogens is 269 g/mol. The molecule has 2 aromatic carbocycles. The maximum absolute atomic E-state index is 13.2. The molecule has 0 bridgehead atoms. The molecule has 0 saturated carbocycles. The molecule has 0 aliphatic heterocycles. The van der Waals surface area contributed by atoms with Crippen LogP contribution in [-0.4, -0.2) is 11.1 Å². The first-order chi connectivity index (χ1) is 10.1. The predicted molar refractivity (Wildman–Crippen MR) is 79.4 cm³/mol. The third-order valence-corrected chi connectivity index (χ3v) is 3.41. The highest BCUT2D eigenvalue weighted by Crippen LogP contribution is 2.16. The van der Waals surface area contributed by atoms with Crippen LogP contribution in [0, 0.1) is 5.82 Å². The first kappa shape index (κ1) is 15.2. The van der Waals surface area contributed by atoms with Gasteiger partial charge in [0.05, 0.1) is 6.42 Å². The summed E-state index contributed by atoms with van der Waals surface area (Å²) in [6.07, 6.45) is 0.00615. The molecule has 2 N–H and O–H groups in total. The average molecular weight is 287 g/mol. The molecule has 0 fully saturated rings. The van der Waals surface area contributed by atoms with Crippen LogP contribution in [0.3, 0.4) is 0 Å². The number of aliphatic carboxylic acids is 1. The summed E-state index contributed by atoms with van der Waals surface area (Å²) in [5.74, 6) is -1.10. The highest BCUT2D eigenvalue weighted by Gasteiger charge is 2.09. The Labute approximate surface area is 123 Å². The van der Waals surface area contributed by atoms with Gasteiger partial charge in [-0.05, 0) is 35.7 Å². The summed E-state index contributed by atoms with van der Waals surface area (Å²) in [6, 6.07) is 13.9. The topological polar surface area (TPSA) is 49.3 Å². The fourth-order valence-corrected chi connectivity index (χ4v) is 2.22. The molecule has 1 atom stereocenters. The van der Waals surface area contributed by atoms with Gasteiger partial charge in [0.2, 0.25) is 0 Å². The predicted octanol–water partition coefficient (Wildman–Crippen LogP) is 3.30. The van der Waals surface area contributed by atoms with E-state index in [0.29, 0.717) is 6.54 Å². The molecule has 0 heterocycles. The molecule has 0 radical (unpaired) electrons. The lowest BCUT2D eigenvalue weighted by Crippen LogP contribution is -2.19. The van der Waals surface area contributed by atoms with Gasteiger partial charge in [0, 0.05) is 12.6 Å². The highest BCUT2D eigenvalue weighted by atomic mass is 19.1. The van der Waals surface area contributed by atoms with Crippen molar-refractivity contribution < 1.29 is 14.3 Å². The summed E-state index contributed by atoms with van der Waals surface area (Å²) in [6.45, 7) is 2.50. The summed E-state index contributed by atoms with van der Waals surface area (Å²) >= 11 is 0. The van der Waals surface area contributed by atoms with Crippen molar-refractivity contribution in [1.29, 1.82) is 0 Å². The fraction of sp³-hybridized carbons (Fsp3) is 0.235. The van der Waals surface area contributed by atoms with Crippen LogP contribution in [0.4, 0.5) is 4.39 Å². The minimum atomic E-state index is -0.847. The number of hydrogen-bond acceptors (Lipinski definition) is 2. The van der Waals surface area contributed by atoms with Gasteiger partial charge in [-0.3, -0.25) is 4.79 Å². The zero-order valence-electron chi connectivity index (χ0n) is 11.8. The van der Waals surface area contributed by atoms with Crippen molar-refractivity contribution in [2.24, 2.45) is 0 Å². The smallest absolute Gasteiger partial charge is 0.307 e. The van der Waals surface area contributed by atoms with Crippen molar-refractivity contribution in [3.63, 3.8) is 0 Å². The molecule has 0 aromatic heterocycles. The number of nitrogens with one attached hydrogen (secondary N) is 1. The maximum Gasteiger partial charge on any atom is 0.307 e. The van der Waals surface area contributed by atoms with E-state index in [1.165, 1.54) is 12.1 Å². The number of halogens is 1. The quantitative estimate of drug-likeness (QED) is 0.857. The Morgan fingerprint density at radius 1 is 1.19 bits per heavy atom. The minimum absolute atomic E-state index is 0.00615. The molecule has 0 amide bonds. The second-order valence-electron chi connectivity index (χ2n) is 5.00. The molecule has 0 saturated heterocycles. The van der Waals surface area contributed by atoms with Crippen molar-refractivity contribution in [3.05, 3.63) is 71.0 Å². The van der Waals surface area contributed by atoms with E-state index in [4.69, 9.17) is 5.11 Å². The lowest BCUT2D eigenvalue weighted by atomic mass is 10.0. The normalized spacial score (nSPS) is 12.1. The minimum Gasteiger partial charge on any atom is -0.481 e. The van der Waals surface area contributed by atoms with Gasteiger partial charge in [-0.1, -0.05) is 36.4 Å². The Morgan fingerprint density at radius 3 is 2.57 bits per heavy atom. The van der Waals surface area contributed by atoms with Crippen LogP contribution in [0.25, 0.3) is 0 Å². The van der Waals surface area contributed by atoms with Crippen LogP contribution in [-0.2, 0) is 17.8 Å². The molecular formula is C17H18FNO2. The van der Waals surface area contributed by atoms with E-state index in [2.05, 4.69) is 5.32 Å². The van der Waals surface area contributed by atoms with Gasteiger partial charge in [-0.2, -0.15) is 0 Å². The Kier molecular flexibility index (Phi) is 5.06. The molecule has 21 heavy (non-hydrogen) atoms. The van der Waals surface area contributed by atoms with Gasteiger partial charge >= 0.3 is 5.97 Å². The molecule has 2 aromatic rings. The van der Waals surface area contributed by atoms with Crippen LogP contribution in [0.5, 0.6) is 0 Å². The van der Waals surface area contributed by atoms with E-state index in [1.54, 1.807) is 6.07 Å². The first-order valence-electron chi connectivity index (χ1n) is 6.83. The Bertz CT molecular complexity index is 628. The van der Waals surface area contributed by atoms with Gasteiger partial charge < -0.3 is 10.4 Å². The van der Waals surface area contributed by atoms with E-state index in [0.717, 1.165) is 16.7 Å². The third-order valence-electron chi connectivity index (χ3n) is 3.41. The molecule has 0 aliphatic carbocycles. The van der Waals surface area contributed by atoms with Gasteiger partial charge in [0.25, 0.3) is 0 Å². The summed E-state index contributed by atoms with van der Waals surface area (Å²) in [5, 5.41) is 12.2. The largest absolute Gasteiger partial charge is 0.481 e. The Hall–Kier alpha value is -2.20. The van der Waals surface area contributed by atoms with Crippen molar-refractivity contribution in [3.8, 4) is 0 Å². The van der Waals surface area contributed by atoms with Crippen molar-refractivity contribution >= 4 is 5.97 Å². The van der Waals surface area contributed by atoms with Gasteiger partial charge in [-0.25, -0.2) is 4.39 Å². The SMILES string of the molecule is CC(NCc1ccccc1CC(=O)O)c1cccc(F)c1. The van der Waals surface area contributed by atoms with Crippen LogP contribution in [0.1, 0.15) is 29.7 Å². The number of carboxylic acid groups (broad SMARTS) is 1. The zero-order valence-corrected chi connectivity index (χ0v) is 11.8. The van der Waals surface area contributed by atoms with Gasteiger partial charge in [-0.15, -0.1) is 0 Å². The zero-order chi connectivity index (χ0) is 15.2. The monoisotopic (exact) mass is 287 g/mol. The van der Waals surface area contributed by atoms with Crippen LogP contribution < -0.4 is 5.32 Å². The summed E-state index contributed by atoms with van der Waals surface area (Å²) in [4.78, 5) is 10.9. The molecule has 110 valence electrons. The van der Waals surface area contributed by atoms with E-state index >= 15 is 0 Å². The second-order valence-corrected chi connectivity index (χ2v) is 5.00. The molecule has 3 nitrogen and oxygen atoms in total. The van der Waals surface area contributed by atoms with E-state index in [1.807, 2.05) is 37.3 Å². The second kappa shape index (κ2) is 6.99. The number of carbonyl (C=O) groups is 1. The summed E-state index contributed by atoms with van der Waals surface area (Å²) < 4.78 is 13.2. The van der Waals surface area contributed by atoms with E-state index < -0.39 is 5.97 Å². The number of carboxylic acids is 1. The van der Waals surface area contributed by atoms with Crippen molar-refractivity contribution in [1.82, 2.24) is 5.32 Å². The van der Waals surface area contributed by atoms with Gasteiger partial charge in [0.1, 0.15) is 5.82 Å². The molecule has 0 aliphatic rings. The highest BCUT2D eigenvalue weighted by molar-refractivity contribution is 5.70. The average Bonchev–Trinajstić information content (AvgIpc) is 2.45. The van der Waals surface area contributed by atoms with Crippen molar-refractivity contribution in [2.45, 2.75) is 25.9 Å². The van der Waals surface area contributed by atoms with E-state index in [-0.39, 0.29) is 18.3 Å². The lowest BCUT2D eigenvalue weighted by Gasteiger charge is -2.16. The van der Waals surface area contributed by atoms with Gasteiger partial charge in [0.15, 0.2) is 0 Å². The third kappa shape index (κ3) is 4.39. The summed E-state index contributed by atoms with van der Waals surface area (Å²) in [7, 11) is 0. The van der Waals surface area contributed by atoms with E-state index in [9.17, 15) is 9.18 Å². The van der Waals surface area contributed by atoms with Crippen LogP contribution in [0.15, 0.2) is 48.5 Å². The number of hydrogen-bond donors (Lipinski definition) is 2. The number of benzene rings is 2. The molecule has 1 unspecified atom stereocenters. The molecule has 0 spiro atoms. The van der Waals surface area contributed by atoms with Crippen LogP contribution in [0.2, 0.25) is 0 Å². The summed E-state index contributed by atoms with van der Waals surface area (Å²) in [5.41, 5.74) is 2.61. The lowest BCUT2D eigenvalue weighted by molar-refractivity contribution is -0.136. The maximum atomic E-state index is 13.2. The molecule has 4 heteroatoms. The standard InChI is InChI=1S/C17H18FNO2/c1-12(13-7-4-8-16(18)9-13)19-11-15-6-3-2-5-14(15)10-17(20)21/h2-9,12,19H,10-11H2,1H3,(H,20,21). The first-order valence-corrected chi connectivity index (χ1v) is 6.83.